The van der Waals surface area contributed by atoms with E-state index in [2.05, 4.69) is 19.2 Å². The summed E-state index contributed by atoms with van der Waals surface area (Å²) in [5, 5.41) is 4.06. The predicted octanol–water partition coefficient (Wildman–Crippen LogP) is 4.41. The molecule has 1 heterocycles. The molecule has 0 spiro atoms. The first-order valence-corrected chi connectivity index (χ1v) is 10.6. The number of hydrogen-bond acceptors (Lipinski definition) is 4. The van der Waals surface area contributed by atoms with Gasteiger partial charge in [0.25, 0.3) is 5.91 Å². The highest BCUT2D eigenvalue weighted by atomic mass is 32.2. The number of aryl methyl sites for hydroxylation is 1. The third kappa shape index (κ3) is 4.48. The zero-order valence-electron chi connectivity index (χ0n) is 15.1. The van der Waals surface area contributed by atoms with Gasteiger partial charge in [0.15, 0.2) is 0 Å². The lowest BCUT2D eigenvalue weighted by Crippen LogP contribution is -2.19. The lowest BCUT2D eigenvalue weighted by Gasteiger charge is -2.11. The average molecular weight is 389 g/mol. The maximum atomic E-state index is 12.5. The second-order valence-corrected chi connectivity index (χ2v) is 9.57. The maximum Gasteiger partial charge on any atom is 0.251 e. The van der Waals surface area contributed by atoms with Gasteiger partial charge in [-0.25, -0.2) is 0 Å². The van der Waals surface area contributed by atoms with Crippen LogP contribution in [-0.4, -0.2) is 17.1 Å². The van der Waals surface area contributed by atoms with Gasteiger partial charge in [-0.15, -0.1) is 23.1 Å². The molecule has 1 aromatic carbocycles. The molecule has 0 fully saturated rings. The highest BCUT2D eigenvalue weighted by Gasteiger charge is 2.24. The van der Waals surface area contributed by atoms with Crippen molar-refractivity contribution >= 4 is 39.9 Å². The summed E-state index contributed by atoms with van der Waals surface area (Å²) < 4.78 is 0. The highest BCUT2D eigenvalue weighted by molar-refractivity contribution is 7.99. The molecule has 1 aliphatic rings. The van der Waals surface area contributed by atoms with Crippen molar-refractivity contribution in [3.63, 3.8) is 0 Å². The number of primary amides is 1. The number of anilines is 1. The molecule has 2 aromatic rings. The van der Waals surface area contributed by atoms with Crippen LogP contribution in [0.5, 0.6) is 0 Å². The molecule has 0 radical (unpaired) electrons. The Morgan fingerprint density at radius 1 is 1.19 bits per heavy atom. The molecule has 3 N–H and O–H groups in total. The van der Waals surface area contributed by atoms with Crippen molar-refractivity contribution in [1.29, 1.82) is 0 Å². The number of hydrogen-bond donors (Lipinski definition) is 2. The maximum absolute atomic E-state index is 12.5. The van der Waals surface area contributed by atoms with Crippen LogP contribution in [0.15, 0.2) is 29.2 Å². The molecule has 0 saturated heterocycles. The fraction of sp³-hybridized carbons (Fsp3) is 0.400. The molecule has 0 aliphatic heterocycles. The fourth-order valence-corrected chi connectivity index (χ4v) is 5.38. The quantitative estimate of drug-likeness (QED) is 0.720. The summed E-state index contributed by atoms with van der Waals surface area (Å²) in [4.78, 5) is 26.8. The van der Waals surface area contributed by atoms with Crippen molar-refractivity contribution in [2.24, 2.45) is 5.73 Å². The zero-order valence-corrected chi connectivity index (χ0v) is 16.8. The third-order valence-electron chi connectivity index (χ3n) is 4.33. The van der Waals surface area contributed by atoms with E-state index >= 15 is 0 Å². The molecule has 4 nitrogen and oxygen atoms in total. The molecule has 0 unspecified atom stereocenters. The van der Waals surface area contributed by atoms with Gasteiger partial charge in [0, 0.05) is 15.0 Å². The van der Waals surface area contributed by atoms with E-state index in [1.807, 2.05) is 24.3 Å². The number of rotatable bonds is 6. The molecule has 0 bridgehead atoms. The number of amides is 2. The minimum atomic E-state index is -0.449. The van der Waals surface area contributed by atoms with Gasteiger partial charge in [-0.1, -0.05) is 26.0 Å². The van der Waals surface area contributed by atoms with E-state index in [9.17, 15) is 9.59 Å². The fourth-order valence-electron chi connectivity index (χ4n) is 3.23. The van der Waals surface area contributed by atoms with Crippen LogP contribution in [0.1, 0.15) is 53.1 Å². The predicted molar refractivity (Wildman–Crippen MR) is 109 cm³/mol. The molecular formula is C20H24N2O2S2. The summed E-state index contributed by atoms with van der Waals surface area (Å²) in [5.41, 5.74) is 8.09. The lowest BCUT2D eigenvalue weighted by molar-refractivity contribution is -0.115. The van der Waals surface area contributed by atoms with E-state index in [0.29, 0.717) is 15.8 Å². The Bertz CT molecular complexity index is 810. The van der Waals surface area contributed by atoms with Crippen LogP contribution >= 0.6 is 23.1 Å². The molecule has 6 heteroatoms. The van der Waals surface area contributed by atoms with Crippen LogP contribution in [0.2, 0.25) is 0 Å². The van der Waals surface area contributed by atoms with Crippen molar-refractivity contribution in [2.75, 3.05) is 5.32 Å². The third-order valence-corrected chi connectivity index (χ3v) is 6.55. The average Bonchev–Trinajstić information content (AvgIpc) is 2.93. The first-order chi connectivity index (χ1) is 12.4. The smallest absolute Gasteiger partial charge is 0.251 e. The van der Waals surface area contributed by atoms with Gasteiger partial charge in [-0.05, 0) is 48.9 Å². The topological polar surface area (TPSA) is 72.2 Å². The van der Waals surface area contributed by atoms with Gasteiger partial charge >= 0.3 is 0 Å². The first kappa shape index (κ1) is 19.0. The number of thiophene rings is 1. The molecule has 138 valence electrons. The standard InChI is InChI=1S/C20H24N2O2S2/c1-12(2)25-14-9-7-13(8-10-14)11-17(23)22-20-18(19(21)24)15-5-3-4-6-16(15)26-20/h7-10,12H,3-6,11H2,1-2H3,(H2,21,24)(H,22,23). The van der Waals surface area contributed by atoms with Crippen LogP contribution < -0.4 is 11.1 Å². The number of thioether (sulfide) groups is 1. The van der Waals surface area contributed by atoms with E-state index in [1.165, 1.54) is 21.1 Å². The Balaban J connectivity index is 1.70. The Hall–Kier alpha value is -1.79. The van der Waals surface area contributed by atoms with Crippen molar-refractivity contribution in [2.45, 2.75) is 56.1 Å². The Morgan fingerprint density at radius 3 is 2.54 bits per heavy atom. The molecule has 0 saturated carbocycles. The lowest BCUT2D eigenvalue weighted by atomic mass is 9.95. The number of nitrogens with one attached hydrogen (secondary N) is 1. The Kier molecular flexibility index (Phi) is 6.04. The van der Waals surface area contributed by atoms with Gasteiger partial charge in [0.2, 0.25) is 5.91 Å². The molecule has 26 heavy (non-hydrogen) atoms. The van der Waals surface area contributed by atoms with E-state index in [-0.39, 0.29) is 12.3 Å². The molecule has 1 aliphatic carbocycles. The Labute approximate surface area is 162 Å². The molecule has 3 rings (SSSR count). The summed E-state index contributed by atoms with van der Waals surface area (Å²) in [6.07, 6.45) is 4.31. The van der Waals surface area contributed by atoms with E-state index in [1.54, 1.807) is 11.8 Å². The van der Waals surface area contributed by atoms with E-state index < -0.39 is 5.91 Å². The highest BCUT2D eigenvalue weighted by Crippen LogP contribution is 2.38. The second-order valence-electron chi connectivity index (χ2n) is 6.81. The second kappa shape index (κ2) is 8.27. The van der Waals surface area contributed by atoms with Crippen LogP contribution in [0, 0.1) is 0 Å². The molecular weight excluding hydrogens is 364 g/mol. The van der Waals surface area contributed by atoms with Gasteiger partial charge in [-0.2, -0.15) is 0 Å². The van der Waals surface area contributed by atoms with E-state index in [4.69, 9.17) is 5.73 Å². The van der Waals surface area contributed by atoms with Crippen molar-refractivity contribution in [1.82, 2.24) is 0 Å². The normalized spacial score (nSPS) is 13.5. The van der Waals surface area contributed by atoms with Crippen LogP contribution in [0.3, 0.4) is 0 Å². The Morgan fingerprint density at radius 2 is 1.88 bits per heavy atom. The summed E-state index contributed by atoms with van der Waals surface area (Å²) in [7, 11) is 0. The van der Waals surface area contributed by atoms with Gasteiger partial charge < -0.3 is 11.1 Å². The van der Waals surface area contributed by atoms with Crippen molar-refractivity contribution < 1.29 is 9.59 Å². The summed E-state index contributed by atoms with van der Waals surface area (Å²) in [5.74, 6) is -0.565. The minimum Gasteiger partial charge on any atom is -0.365 e. The number of carbonyl (C=O) groups excluding carboxylic acids is 2. The molecule has 0 atom stereocenters. The SMILES string of the molecule is CC(C)Sc1ccc(CC(=O)Nc2sc3c(c2C(N)=O)CCCC3)cc1. The minimum absolute atomic E-state index is 0.115. The number of nitrogens with two attached hydrogens (primary N) is 1. The number of carbonyl (C=O) groups is 2. The zero-order chi connectivity index (χ0) is 18.7. The van der Waals surface area contributed by atoms with Crippen molar-refractivity contribution in [3.05, 3.63) is 45.8 Å². The number of benzene rings is 1. The van der Waals surface area contributed by atoms with Crippen molar-refractivity contribution in [3.8, 4) is 0 Å². The summed E-state index contributed by atoms with van der Waals surface area (Å²) >= 11 is 3.30. The van der Waals surface area contributed by atoms with Gasteiger partial charge in [0.1, 0.15) is 5.00 Å². The number of fused-ring (bicyclic) bond motifs is 1. The molecule has 2 amide bonds. The van der Waals surface area contributed by atoms with Gasteiger partial charge in [0.05, 0.1) is 12.0 Å². The summed E-state index contributed by atoms with van der Waals surface area (Å²) in [6, 6.07) is 8.06. The van der Waals surface area contributed by atoms with E-state index in [0.717, 1.165) is 36.8 Å². The van der Waals surface area contributed by atoms with Crippen LogP contribution in [0.4, 0.5) is 5.00 Å². The van der Waals surface area contributed by atoms with Crippen LogP contribution in [-0.2, 0) is 24.1 Å². The van der Waals surface area contributed by atoms with Gasteiger partial charge in [-0.3, -0.25) is 9.59 Å². The van der Waals surface area contributed by atoms with Crippen LogP contribution in [0.25, 0.3) is 0 Å². The first-order valence-electron chi connectivity index (χ1n) is 8.94. The monoisotopic (exact) mass is 388 g/mol. The largest absolute Gasteiger partial charge is 0.365 e. The molecule has 1 aromatic heterocycles. The summed E-state index contributed by atoms with van der Waals surface area (Å²) in [6.45, 7) is 4.31.